The predicted molar refractivity (Wildman–Crippen MR) is 284 cm³/mol. The molecule has 0 amide bonds. The van der Waals surface area contributed by atoms with Crippen LogP contribution in [0.25, 0.3) is 87.3 Å². The largest absolute Gasteiger partial charge is 0.455 e. The van der Waals surface area contributed by atoms with Gasteiger partial charge in [0.05, 0.1) is 5.69 Å². The minimum Gasteiger partial charge on any atom is -0.455 e. The molecule has 13 rings (SSSR count). The Morgan fingerprint density at radius 2 is 0.687 bits per heavy atom. The van der Waals surface area contributed by atoms with E-state index in [0.29, 0.717) is 0 Å². The second kappa shape index (κ2) is 16.0. The second-order valence-electron chi connectivity index (χ2n) is 17.2. The van der Waals surface area contributed by atoms with Gasteiger partial charge in [-0.25, -0.2) is 0 Å². The predicted octanol–water partition coefficient (Wildman–Crippen LogP) is 18.5. The molecule has 1 heterocycles. The molecule has 67 heavy (non-hydrogen) atoms. The topological polar surface area (TPSA) is 19.6 Å². The molecule has 0 unspecified atom stereocenters. The summed E-state index contributed by atoms with van der Waals surface area (Å²) < 4.78 is 6.60. The summed E-state index contributed by atoms with van der Waals surface area (Å²) in [4.78, 5) is 4.73. The third kappa shape index (κ3) is 6.51. The van der Waals surface area contributed by atoms with Gasteiger partial charge in [0.1, 0.15) is 11.2 Å². The first kappa shape index (κ1) is 38.5. The van der Waals surface area contributed by atoms with E-state index in [1.807, 2.05) is 6.07 Å². The number of fused-ring (bicyclic) bond motifs is 10. The third-order valence-corrected chi connectivity index (χ3v) is 13.4. The van der Waals surface area contributed by atoms with E-state index in [0.717, 1.165) is 89.1 Å². The van der Waals surface area contributed by atoms with Gasteiger partial charge in [-0.1, -0.05) is 182 Å². The highest BCUT2D eigenvalue weighted by Gasteiger charge is 2.21. The molecule has 0 atom stereocenters. The molecule has 1 aromatic heterocycles. The summed E-state index contributed by atoms with van der Waals surface area (Å²) in [5.74, 6) is 0. The van der Waals surface area contributed by atoms with Crippen LogP contribution in [0.2, 0.25) is 0 Å². The Balaban J connectivity index is 0.963. The Bertz CT molecular complexity index is 3890. The van der Waals surface area contributed by atoms with Gasteiger partial charge in [-0.2, -0.15) is 0 Å². The number of rotatable bonds is 8. The van der Waals surface area contributed by atoms with Gasteiger partial charge < -0.3 is 14.2 Å². The standard InChI is InChI=1S/C64H42N2O/c1-3-16-45(17-4-1)65(46-18-5-2-6-19-46)47-34-30-43(31-35-47)44-32-36-48(37-33-44)66(49-38-39-56-52-22-8-7-20-50(52)51-21-9-10-24-54(51)61(56)42-49)62-41-40-55(53-23-11-12-25-57(53)62)59-27-15-28-60-58-26-13-14-29-63(58)67-64(59)60/h1-42H. The Kier molecular flexibility index (Phi) is 9.17. The average Bonchev–Trinajstić information content (AvgIpc) is 3.79. The molecule has 12 aromatic carbocycles. The van der Waals surface area contributed by atoms with Crippen LogP contribution in [0.3, 0.4) is 0 Å². The van der Waals surface area contributed by atoms with Gasteiger partial charge in [-0.3, -0.25) is 0 Å². The van der Waals surface area contributed by atoms with Crippen LogP contribution >= 0.6 is 0 Å². The summed E-state index contributed by atoms with van der Waals surface area (Å²) in [7, 11) is 0. The average molecular weight is 855 g/mol. The lowest BCUT2D eigenvalue weighted by molar-refractivity contribution is 0.670. The van der Waals surface area contributed by atoms with E-state index < -0.39 is 0 Å². The van der Waals surface area contributed by atoms with Crippen LogP contribution in [0.4, 0.5) is 34.1 Å². The van der Waals surface area contributed by atoms with Crippen LogP contribution in [0.5, 0.6) is 0 Å². The maximum atomic E-state index is 6.60. The number of anilines is 6. The first-order valence-electron chi connectivity index (χ1n) is 22.9. The monoisotopic (exact) mass is 854 g/mol. The molecule has 0 spiro atoms. The molecule has 0 aliphatic heterocycles. The van der Waals surface area contributed by atoms with Crippen LogP contribution in [0.1, 0.15) is 0 Å². The van der Waals surface area contributed by atoms with E-state index in [9.17, 15) is 0 Å². The molecule has 3 heteroatoms. The van der Waals surface area contributed by atoms with E-state index in [1.54, 1.807) is 0 Å². The lowest BCUT2D eigenvalue weighted by Gasteiger charge is -2.28. The van der Waals surface area contributed by atoms with Crippen LogP contribution in [0, 0.1) is 0 Å². The van der Waals surface area contributed by atoms with Crippen molar-refractivity contribution in [3.63, 3.8) is 0 Å². The van der Waals surface area contributed by atoms with Crippen molar-refractivity contribution < 1.29 is 4.42 Å². The fraction of sp³-hybridized carbons (Fsp3) is 0. The molecule has 0 aliphatic rings. The first-order valence-corrected chi connectivity index (χ1v) is 22.9. The molecule has 3 nitrogen and oxygen atoms in total. The third-order valence-electron chi connectivity index (χ3n) is 13.4. The van der Waals surface area contributed by atoms with Gasteiger partial charge in [0.25, 0.3) is 0 Å². The summed E-state index contributed by atoms with van der Waals surface area (Å²) in [6.45, 7) is 0. The summed E-state index contributed by atoms with van der Waals surface area (Å²) >= 11 is 0. The zero-order valence-electron chi connectivity index (χ0n) is 36.6. The maximum Gasteiger partial charge on any atom is 0.143 e. The highest BCUT2D eigenvalue weighted by Crippen LogP contribution is 2.46. The van der Waals surface area contributed by atoms with Crippen molar-refractivity contribution in [3.8, 4) is 22.3 Å². The van der Waals surface area contributed by atoms with E-state index in [1.165, 1.54) is 32.3 Å². The smallest absolute Gasteiger partial charge is 0.143 e. The Morgan fingerprint density at radius 1 is 0.239 bits per heavy atom. The number of nitrogens with zero attached hydrogens (tertiary/aromatic N) is 2. The molecule has 0 bridgehead atoms. The Labute approximate surface area is 388 Å². The molecule has 0 saturated carbocycles. The SMILES string of the molecule is c1ccc(N(c2ccccc2)c2ccc(-c3ccc(N(c4ccc5c6ccccc6c6ccccc6c5c4)c4ccc(-c5cccc6c5oc5ccccc56)c5ccccc45)cc3)cc2)cc1. The highest BCUT2D eigenvalue weighted by molar-refractivity contribution is 6.26. The first-order chi connectivity index (χ1) is 33.2. The summed E-state index contributed by atoms with van der Waals surface area (Å²) in [6.07, 6.45) is 0. The number of benzene rings is 12. The fourth-order valence-corrected chi connectivity index (χ4v) is 10.3. The van der Waals surface area contributed by atoms with Crippen molar-refractivity contribution in [2.24, 2.45) is 0 Å². The maximum absolute atomic E-state index is 6.60. The van der Waals surface area contributed by atoms with Gasteiger partial charge in [0.15, 0.2) is 0 Å². The van der Waals surface area contributed by atoms with Gasteiger partial charge in [-0.05, 0) is 127 Å². The van der Waals surface area contributed by atoms with Crippen LogP contribution in [-0.2, 0) is 0 Å². The lowest BCUT2D eigenvalue weighted by atomic mass is 9.93. The number of hydrogen-bond donors (Lipinski definition) is 0. The zero-order chi connectivity index (χ0) is 44.3. The summed E-state index contributed by atoms with van der Waals surface area (Å²) in [5, 5.41) is 12.1. The lowest BCUT2D eigenvalue weighted by Crippen LogP contribution is -2.11. The molecule has 13 aromatic rings. The highest BCUT2D eigenvalue weighted by atomic mass is 16.3. The summed E-state index contributed by atoms with van der Waals surface area (Å²) in [6, 6.07) is 91.8. The van der Waals surface area contributed by atoms with Crippen molar-refractivity contribution >= 4 is 99.2 Å². The van der Waals surface area contributed by atoms with Crippen molar-refractivity contribution in [1.29, 1.82) is 0 Å². The molecular weight excluding hydrogens is 813 g/mol. The van der Waals surface area contributed by atoms with Crippen LogP contribution in [0.15, 0.2) is 259 Å². The quantitative estimate of drug-likeness (QED) is 0.142. The Morgan fingerprint density at radius 3 is 1.30 bits per heavy atom. The van der Waals surface area contributed by atoms with E-state index in [4.69, 9.17) is 4.42 Å². The number of para-hydroxylation sites is 4. The molecule has 0 fully saturated rings. The minimum absolute atomic E-state index is 0.898. The molecule has 0 radical (unpaired) electrons. The minimum atomic E-state index is 0.898. The van der Waals surface area contributed by atoms with Crippen LogP contribution < -0.4 is 9.80 Å². The van der Waals surface area contributed by atoms with Gasteiger partial charge in [0, 0.05) is 50.2 Å². The summed E-state index contributed by atoms with van der Waals surface area (Å²) in [5.41, 5.74) is 12.9. The number of hydrogen-bond acceptors (Lipinski definition) is 3. The van der Waals surface area contributed by atoms with Crippen molar-refractivity contribution in [1.82, 2.24) is 0 Å². The molecule has 0 aliphatic carbocycles. The van der Waals surface area contributed by atoms with Crippen LogP contribution in [-0.4, -0.2) is 0 Å². The zero-order valence-corrected chi connectivity index (χ0v) is 36.6. The molecule has 314 valence electrons. The van der Waals surface area contributed by atoms with Crippen molar-refractivity contribution in [2.45, 2.75) is 0 Å². The Hall–Kier alpha value is -8.92. The van der Waals surface area contributed by atoms with E-state index >= 15 is 0 Å². The van der Waals surface area contributed by atoms with Crippen molar-refractivity contribution in [2.75, 3.05) is 9.80 Å². The van der Waals surface area contributed by atoms with E-state index in [-0.39, 0.29) is 0 Å². The molecule has 0 N–H and O–H groups in total. The molecule has 0 saturated heterocycles. The van der Waals surface area contributed by atoms with Gasteiger partial charge >= 0.3 is 0 Å². The van der Waals surface area contributed by atoms with E-state index in [2.05, 4.69) is 259 Å². The van der Waals surface area contributed by atoms with Crippen molar-refractivity contribution in [3.05, 3.63) is 255 Å². The van der Waals surface area contributed by atoms with Gasteiger partial charge in [0.2, 0.25) is 0 Å². The molecular formula is C64H42N2O. The number of furan rings is 1. The normalized spacial score (nSPS) is 11.6. The second-order valence-corrected chi connectivity index (χ2v) is 17.2. The van der Waals surface area contributed by atoms with Gasteiger partial charge in [-0.15, -0.1) is 0 Å². The fourth-order valence-electron chi connectivity index (χ4n) is 10.3.